The summed E-state index contributed by atoms with van der Waals surface area (Å²) in [7, 11) is 3.29. The van der Waals surface area contributed by atoms with Crippen molar-refractivity contribution < 1.29 is 14.3 Å². The molecule has 158 valence electrons. The van der Waals surface area contributed by atoms with E-state index in [4.69, 9.17) is 9.47 Å². The van der Waals surface area contributed by atoms with Crippen LogP contribution in [0.1, 0.15) is 39.7 Å². The molecule has 28 heavy (non-hydrogen) atoms. The highest BCUT2D eigenvalue weighted by atomic mass is 16.5. The molecular weight excluding hydrogens is 356 g/mol. The van der Waals surface area contributed by atoms with E-state index in [-0.39, 0.29) is 5.91 Å². The van der Waals surface area contributed by atoms with E-state index in [2.05, 4.69) is 27.0 Å². The van der Waals surface area contributed by atoms with Gasteiger partial charge in [0.25, 0.3) is 0 Å². The van der Waals surface area contributed by atoms with Crippen LogP contribution in [0.15, 0.2) is 23.2 Å². The van der Waals surface area contributed by atoms with Crippen molar-refractivity contribution in [2.75, 3.05) is 40.4 Å². The Kier molecular flexibility index (Phi) is 10.2. The SMILES string of the molecule is CCNC(=NCC(C)(C)C(=O)NC)NCCCc1ccc(OC)c(OCC)c1. The van der Waals surface area contributed by atoms with E-state index in [9.17, 15) is 4.79 Å². The number of aryl methyl sites for hydroxylation is 1. The van der Waals surface area contributed by atoms with Crippen LogP contribution in [0.25, 0.3) is 0 Å². The third-order valence-corrected chi connectivity index (χ3v) is 4.28. The van der Waals surface area contributed by atoms with Crippen molar-refractivity contribution in [1.82, 2.24) is 16.0 Å². The van der Waals surface area contributed by atoms with Gasteiger partial charge in [-0.15, -0.1) is 0 Å². The number of amides is 1. The third kappa shape index (κ3) is 7.66. The number of hydrogen-bond acceptors (Lipinski definition) is 4. The molecule has 0 unspecified atom stereocenters. The Morgan fingerprint density at radius 3 is 2.54 bits per heavy atom. The van der Waals surface area contributed by atoms with Gasteiger partial charge < -0.3 is 25.4 Å². The average Bonchev–Trinajstić information content (AvgIpc) is 2.69. The maximum Gasteiger partial charge on any atom is 0.227 e. The van der Waals surface area contributed by atoms with Gasteiger partial charge in [0.1, 0.15) is 0 Å². The molecular formula is C21H36N4O3. The van der Waals surface area contributed by atoms with E-state index < -0.39 is 5.41 Å². The number of carbonyl (C=O) groups is 1. The normalized spacial score (nSPS) is 11.7. The van der Waals surface area contributed by atoms with Crippen LogP contribution in [0.2, 0.25) is 0 Å². The first kappa shape index (κ1) is 23.6. The summed E-state index contributed by atoms with van der Waals surface area (Å²) in [6.45, 7) is 10.3. The maximum absolute atomic E-state index is 11.9. The fraction of sp³-hybridized carbons (Fsp3) is 0.619. The van der Waals surface area contributed by atoms with Gasteiger partial charge in [-0.2, -0.15) is 0 Å². The van der Waals surface area contributed by atoms with Crippen LogP contribution in [-0.4, -0.2) is 52.3 Å². The van der Waals surface area contributed by atoms with E-state index >= 15 is 0 Å². The lowest BCUT2D eigenvalue weighted by Gasteiger charge is -2.21. The molecule has 1 aromatic rings. The number of nitrogens with zero attached hydrogens (tertiary/aromatic N) is 1. The standard InChI is InChI=1S/C21H36N4O3/c1-7-23-20(25-15-21(3,4)19(26)22-5)24-13-9-10-16-11-12-17(27-6)18(14-16)28-8-2/h11-12,14H,7-10,13,15H2,1-6H3,(H,22,26)(H2,23,24,25). The van der Waals surface area contributed by atoms with Crippen molar-refractivity contribution in [1.29, 1.82) is 0 Å². The molecule has 1 rings (SSSR count). The molecule has 0 aromatic heterocycles. The average molecular weight is 393 g/mol. The smallest absolute Gasteiger partial charge is 0.227 e. The van der Waals surface area contributed by atoms with Gasteiger partial charge in [0, 0.05) is 20.1 Å². The van der Waals surface area contributed by atoms with E-state index in [1.54, 1.807) is 14.2 Å². The third-order valence-electron chi connectivity index (χ3n) is 4.28. The van der Waals surface area contributed by atoms with Crippen molar-refractivity contribution in [2.24, 2.45) is 10.4 Å². The van der Waals surface area contributed by atoms with Gasteiger partial charge in [-0.25, -0.2) is 0 Å². The number of nitrogens with one attached hydrogen (secondary N) is 3. The first-order chi connectivity index (χ1) is 13.4. The first-order valence-electron chi connectivity index (χ1n) is 9.92. The number of benzene rings is 1. The first-order valence-corrected chi connectivity index (χ1v) is 9.92. The minimum Gasteiger partial charge on any atom is -0.493 e. The van der Waals surface area contributed by atoms with Gasteiger partial charge in [0.2, 0.25) is 5.91 Å². The molecule has 0 aliphatic carbocycles. The summed E-state index contributed by atoms with van der Waals surface area (Å²) in [5.41, 5.74) is 0.657. The van der Waals surface area contributed by atoms with Gasteiger partial charge in [0.15, 0.2) is 17.5 Å². The predicted octanol–water partition coefficient (Wildman–Crippen LogP) is 2.35. The molecule has 0 saturated carbocycles. The minimum atomic E-state index is -0.546. The Labute approximate surface area is 169 Å². The molecule has 7 heteroatoms. The highest BCUT2D eigenvalue weighted by molar-refractivity contribution is 5.83. The summed E-state index contributed by atoms with van der Waals surface area (Å²) in [6, 6.07) is 6.04. The minimum absolute atomic E-state index is 0.0169. The number of guanidine groups is 1. The lowest BCUT2D eigenvalue weighted by atomic mass is 9.93. The van der Waals surface area contributed by atoms with Crippen molar-refractivity contribution >= 4 is 11.9 Å². The molecule has 0 radical (unpaired) electrons. The van der Waals surface area contributed by atoms with E-state index in [1.807, 2.05) is 39.8 Å². The number of ether oxygens (including phenoxy) is 2. The number of carbonyl (C=O) groups excluding carboxylic acids is 1. The molecule has 0 heterocycles. The van der Waals surface area contributed by atoms with E-state index in [0.717, 1.165) is 43.4 Å². The molecule has 1 aromatic carbocycles. The molecule has 0 fully saturated rings. The van der Waals surface area contributed by atoms with E-state index in [1.165, 1.54) is 5.56 Å². The zero-order valence-electron chi connectivity index (χ0n) is 18.1. The maximum atomic E-state index is 11.9. The number of aliphatic imine (C=N–C) groups is 1. The van der Waals surface area contributed by atoms with Gasteiger partial charge in [-0.1, -0.05) is 6.07 Å². The Hall–Kier alpha value is -2.44. The summed E-state index contributed by atoms with van der Waals surface area (Å²) in [6.07, 6.45) is 1.86. The Balaban J connectivity index is 2.58. The topological polar surface area (TPSA) is 84.0 Å². The van der Waals surface area contributed by atoms with Gasteiger partial charge in [0.05, 0.1) is 25.7 Å². The van der Waals surface area contributed by atoms with Crippen LogP contribution in [0, 0.1) is 5.41 Å². The van der Waals surface area contributed by atoms with Crippen molar-refractivity contribution in [2.45, 2.75) is 40.5 Å². The fourth-order valence-corrected chi connectivity index (χ4v) is 2.67. The molecule has 0 saturated heterocycles. The zero-order valence-corrected chi connectivity index (χ0v) is 18.1. The summed E-state index contributed by atoms with van der Waals surface area (Å²) < 4.78 is 11.0. The van der Waals surface area contributed by atoms with Crippen LogP contribution in [0.5, 0.6) is 11.5 Å². The second-order valence-corrected chi connectivity index (χ2v) is 7.11. The quantitative estimate of drug-likeness (QED) is 0.306. The number of methoxy groups -OCH3 is 1. The van der Waals surface area contributed by atoms with Gasteiger partial charge >= 0.3 is 0 Å². The van der Waals surface area contributed by atoms with Gasteiger partial charge in [-0.3, -0.25) is 9.79 Å². The van der Waals surface area contributed by atoms with Gasteiger partial charge in [-0.05, 0) is 58.2 Å². The molecule has 0 aliphatic rings. The summed E-state index contributed by atoms with van der Waals surface area (Å²) in [5.74, 6) is 2.24. The molecule has 0 spiro atoms. The zero-order chi connectivity index (χ0) is 21.0. The van der Waals surface area contributed by atoms with Crippen molar-refractivity contribution in [3.63, 3.8) is 0 Å². The largest absolute Gasteiger partial charge is 0.493 e. The van der Waals surface area contributed by atoms with E-state index in [0.29, 0.717) is 13.2 Å². The Morgan fingerprint density at radius 1 is 1.18 bits per heavy atom. The second-order valence-electron chi connectivity index (χ2n) is 7.11. The Bertz CT molecular complexity index is 645. The summed E-state index contributed by atoms with van der Waals surface area (Å²) in [4.78, 5) is 16.5. The van der Waals surface area contributed by atoms with Crippen LogP contribution < -0.4 is 25.4 Å². The lowest BCUT2D eigenvalue weighted by Crippen LogP contribution is -2.41. The molecule has 3 N–H and O–H groups in total. The fourth-order valence-electron chi connectivity index (χ4n) is 2.67. The van der Waals surface area contributed by atoms with Crippen molar-refractivity contribution in [3.8, 4) is 11.5 Å². The van der Waals surface area contributed by atoms with Crippen LogP contribution in [0.4, 0.5) is 0 Å². The molecule has 0 aliphatic heterocycles. The summed E-state index contributed by atoms with van der Waals surface area (Å²) >= 11 is 0. The molecule has 7 nitrogen and oxygen atoms in total. The van der Waals surface area contributed by atoms with Crippen LogP contribution in [0.3, 0.4) is 0 Å². The lowest BCUT2D eigenvalue weighted by molar-refractivity contribution is -0.128. The van der Waals surface area contributed by atoms with Crippen molar-refractivity contribution in [3.05, 3.63) is 23.8 Å². The number of hydrogen-bond donors (Lipinski definition) is 3. The number of rotatable bonds is 11. The van der Waals surface area contributed by atoms with Crippen LogP contribution in [-0.2, 0) is 11.2 Å². The second kappa shape index (κ2) is 12.1. The predicted molar refractivity (Wildman–Crippen MR) is 114 cm³/mol. The summed E-state index contributed by atoms with van der Waals surface area (Å²) in [5, 5.41) is 9.24. The van der Waals surface area contributed by atoms with Crippen LogP contribution >= 0.6 is 0 Å². The molecule has 0 atom stereocenters. The highest BCUT2D eigenvalue weighted by Crippen LogP contribution is 2.28. The highest BCUT2D eigenvalue weighted by Gasteiger charge is 2.26. The molecule has 0 bridgehead atoms. The Morgan fingerprint density at radius 2 is 1.93 bits per heavy atom. The molecule has 1 amide bonds. The monoisotopic (exact) mass is 392 g/mol.